The molecule has 3 aromatic carbocycles. The van der Waals surface area contributed by atoms with Gasteiger partial charge in [-0.15, -0.1) is 0 Å². The third-order valence-electron chi connectivity index (χ3n) is 4.84. The summed E-state index contributed by atoms with van der Waals surface area (Å²) in [6, 6.07) is 19.6. The fourth-order valence-corrected chi connectivity index (χ4v) is 3.19. The van der Waals surface area contributed by atoms with Crippen molar-refractivity contribution in [2.24, 2.45) is 11.5 Å². The minimum Gasteiger partial charge on any atom is -0.497 e. The molecule has 1 atom stereocenters. The van der Waals surface area contributed by atoms with Crippen LogP contribution in [0.1, 0.15) is 27.5 Å². The Morgan fingerprint density at radius 2 is 1.80 bits per heavy atom. The van der Waals surface area contributed by atoms with Gasteiger partial charge in [0.2, 0.25) is 0 Å². The molecule has 1 amide bonds. The van der Waals surface area contributed by atoms with Crippen molar-refractivity contribution < 1.29 is 9.53 Å². The third-order valence-corrected chi connectivity index (χ3v) is 4.84. The molecule has 0 heterocycles. The molecule has 0 aromatic heterocycles. The van der Waals surface area contributed by atoms with Crippen LogP contribution >= 0.6 is 0 Å². The van der Waals surface area contributed by atoms with E-state index in [1.165, 1.54) is 0 Å². The van der Waals surface area contributed by atoms with E-state index >= 15 is 0 Å². The zero-order valence-corrected chi connectivity index (χ0v) is 16.7. The van der Waals surface area contributed by atoms with E-state index in [1.54, 1.807) is 37.4 Å². The maximum absolute atomic E-state index is 12.9. The number of ether oxygens (including phenoxy) is 1. The van der Waals surface area contributed by atoms with Crippen LogP contribution in [0.5, 0.6) is 5.75 Å². The van der Waals surface area contributed by atoms with Crippen molar-refractivity contribution in [3.8, 4) is 16.9 Å². The molecule has 0 saturated carbocycles. The van der Waals surface area contributed by atoms with E-state index in [-0.39, 0.29) is 24.3 Å². The van der Waals surface area contributed by atoms with Crippen LogP contribution in [0.25, 0.3) is 11.1 Å². The molecular weight excluding hydrogens is 378 g/mol. The van der Waals surface area contributed by atoms with E-state index in [0.717, 1.165) is 16.7 Å². The molecule has 0 aliphatic rings. The highest BCUT2D eigenvalue weighted by Crippen LogP contribution is 2.25. The van der Waals surface area contributed by atoms with E-state index < -0.39 is 0 Å². The third kappa shape index (κ3) is 4.59. The molecule has 3 aromatic rings. The molecular formula is C23H25N5O2. The van der Waals surface area contributed by atoms with Crippen LogP contribution in [0.2, 0.25) is 0 Å². The number of carbonyl (C=O) groups excluding carboxylic acids is 1. The number of nitrogens with two attached hydrogens (primary N) is 3. The van der Waals surface area contributed by atoms with Crippen LogP contribution in [0.3, 0.4) is 0 Å². The first kappa shape index (κ1) is 20.9. The first-order valence-electron chi connectivity index (χ1n) is 9.42. The molecule has 1 unspecified atom stereocenters. The van der Waals surface area contributed by atoms with Gasteiger partial charge in [0.1, 0.15) is 11.6 Å². The predicted octanol–water partition coefficient (Wildman–Crippen LogP) is 2.66. The number of rotatable bonds is 7. The molecule has 3 rings (SSSR count). The van der Waals surface area contributed by atoms with E-state index in [1.807, 2.05) is 36.4 Å². The molecule has 0 bridgehead atoms. The molecule has 0 aliphatic carbocycles. The lowest BCUT2D eigenvalue weighted by Gasteiger charge is -2.18. The second-order valence-corrected chi connectivity index (χ2v) is 6.83. The average Bonchev–Trinajstić information content (AvgIpc) is 2.77. The van der Waals surface area contributed by atoms with Gasteiger partial charge in [0.25, 0.3) is 5.91 Å². The van der Waals surface area contributed by atoms with Crippen molar-refractivity contribution >= 4 is 17.4 Å². The smallest absolute Gasteiger partial charge is 0.251 e. The second-order valence-electron chi connectivity index (χ2n) is 6.83. The highest BCUT2D eigenvalue weighted by Gasteiger charge is 2.16. The normalized spacial score (nSPS) is 11.5. The van der Waals surface area contributed by atoms with Crippen molar-refractivity contribution in [2.45, 2.75) is 6.04 Å². The predicted molar refractivity (Wildman–Crippen MR) is 120 cm³/mol. The summed E-state index contributed by atoms with van der Waals surface area (Å²) in [5, 5.41) is 10.6. The average molecular weight is 403 g/mol. The number of hydrogen-bond acceptors (Lipinski definition) is 5. The van der Waals surface area contributed by atoms with Crippen LogP contribution < -0.4 is 27.3 Å². The number of carbonyl (C=O) groups is 1. The van der Waals surface area contributed by atoms with Gasteiger partial charge in [-0.2, -0.15) is 0 Å². The number of amides is 1. The van der Waals surface area contributed by atoms with Crippen molar-refractivity contribution in [1.29, 1.82) is 5.41 Å². The van der Waals surface area contributed by atoms with Crippen LogP contribution in [-0.2, 0) is 0 Å². The fraction of sp³-hybridized carbons (Fsp3) is 0.130. The lowest BCUT2D eigenvalue weighted by Crippen LogP contribution is -2.33. The molecule has 0 radical (unpaired) electrons. The Kier molecular flexibility index (Phi) is 6.34. The SMILES string of the molecule is COc1cccc(C(CN)NC(=O)c2cccc(-c3ccc(N)c(C(=N)N)c3)c2)c1. The van der Waals surface area contributed by atoms with Gasteiger partial charge in [-0.1, -0.05) is 30.3 Å². The number of methoxy groups -OCH3 is 1. The zero-order chi connectivity index (χ0) is 21.7. The summed E-state index contributed by atoms with van der Waals surface area (Å²) in [6.45, 7) is 0.249. The van der Waals surface area contributed by atoms with E-state index in [0.29, 0.717) is 22.6 Å². The van der Waals surface area contributed by atoms with Gasteiger partial charge in [0, 0.05) is 23.4 Å². The number of anilines is 1. The van der Waals surface area contributed by atoms with Gasteiger partial charge < -0.3 is 27.3 Å². The Morgan fingerprint density at radius 1 is 1.07 bits per heavy atom. The summed E-state index contributed by atoms with van der Waals surface area (Å²) in [4.78, 5) is 12.9. The van der Waals surface area contributed by atoms with Crippen LogP contribution in [-0.4, -0.2) is 25.4 Å². The van der Waals surface area contributed by atoms with Crippen molar-refractivity contribution in [3.63, 3.8) is 0 Å². The van der Waals surface area contributed by atoms with Gasteiger partial charge >= 0.3 is 0 Å². The van der Waals surface area contributed by atoms with Crippen LogP contribution in [0.15, 0.2) is 66.7 Å². The number of benzene rings is 3. The second kappa shape index (κ2) is 9.11. The number of hydrogen-bond donors (Lipinski definition) is 5. The summed E-state index contributed by atoms with van der Waals surface area (Å²) in [5.74, 6) is 0.358. The quantitative estimate of drug-likeness (QED) is 0.234. The summed E-state index contributed by atoms with van der Waals surface area (Å²) in [7, 11) is 1.59. The lowest BCUT2D eigenvalue weighted by molar-refractivity contribution is 0.0938. The summed E-state index contributed by atoms with van der Waals surface area (Å²) in [5.41, 5.74) is 21.3. The van der Waals surface area contributed by atoms with E-state index in [9.17, 15) is 4.79 Å². The molecule has 154 valence electrons. The van der Waals surface area contributed by atoms with E-state index in [4.69, 9.17) is 27.3 Å². The fourth-order valence-electron chi connectivity index (χ4n) is 3.19. The monoisotopic (exact) mass is 403 g/mol. The number of nitrogen functional groups attached to an aromatic ring is 2. The Hall–Kier alpha value is -3.84. The highest BCUT2D eigenvalue weighted by molar-refractivity contribution is 6.01. The van der Waals surface area contributed by atoms with Gasteiger partial charge in [-0.3, -0.25) is 10.2 Å². The van der Waals surface area contributed by atoms with E-state index in [2.05, 4.69) is 5.32 Å². The topological polar surface area (TPSA) is 140 Å². The van der Waals surface area contributed by atoms with Gasteiger partial charge in [-0.25, -0.2) is 0 Å². The summed E-state index contributed by atoms with van der Waals surface area (Å²) >= 11 is 0. The van der Waals surface area contributed by atoms with Crippen LogP contribution in [0, 0.1) is 5.41 Å². The first-order chi connectivity index (χ1) is 14.4. The van der Waals surface area contributed by atoms with Crippen molar-refractivity contribution in [3.05, 3.63) is 83.4 Å². The molecule has 8 N–H and O–H groups in total. The number of amidine groups is 1. The molecule has 7 nitrogen and oxygen atoms in total. The maximum Gasteiger partial charge on any atom is 0.251 e. The highest BCUT2D eigenvalue weighted by atomic mass is 16.5. The van der Waals surface area contributed by atoms with Crippen LogP contribution in [0.4, 0.5) is 5.69 Å². The summed E-state index contributed by atoms with van der Waals surface area (Å²) in [6.07, 6.45) is 0. The molecule has 0 aliphatic heterocycles. The molecule has 7 heteroatoms. The maximum atomic E-state index is 12.9. The zero-order valence-electron chi connectivity index (χ0n) is 16.7. The van der Waals surface area contributed by atoms with Gasteiger partial charge in [0.15, 0.2) is 0 Å². The van der Waals surface area contributed by atoms with Crippen molar-refractivity contribution in [1.82, 2.24) is 5.32 Å². The molecule has 0 saturated heterocycles. The number of nitrogens with one attached hydrogen (secondary N) is 2. The Morgan fingerprint density at radius 3 is 2.50 bits per heavy atom. The first-order valence-corrected chi connectivity index (χ1v) is 9.42. The minimum absolute atomic E-state index is 0.104. The standard InChI is InChI=1S/C23H25N5O2/c1-30-18-7-3-5-16(11-18)21(13-24)28-23(29)17-6-2-4-14(10-17)15-8-9-20(25)19(12-15)22(26)27/h2-12,21H,13,24-25H2,1H3,(H3,26,27)(H,28,29). The molecule has 0 spiro atoms. The Labute approximate surface area is 175 Å². The van der Waals surface area contributed by atoms with Gasteiger partial charge in [-0.05, 0) is 53.1 Å². The summed E-state index contributed by atoms with van der Waals surface area (Å²) < 4.78 is 5.25. The Balaban J connectivity index is 1.85. The lowest BCUT2D eigenvalue weighted by atomic mass is 9.99. The molecule has 30 heavy (non-hydrogen) atoms. The minimum atomic E-state index is -0.350. The largest absolute Gasteiger partial charge is 0.497 e. The molecule has 0 fully saturated rings. The van der Waals surface area contributed by atoms with Crippen molar-refractivity contribution in [2.75, 3.05) is 19.4 Å². The Bertz CT molecular complexity index is 1080. The van der Waals surface area contributed by atoms with Gasteiger partial charge in [0.05, 0.1) is 13.2 Å².